The zero-order valence-corrected chi connectivity index (χ0v) is 15.9. The van der Waals surface area contributed by atoms with Crippen molar-refractivity contribution in [2.24, 2.45) is 0 Å². The summed E-state index contributed by atoms with van der Waals surface area (Å²) in [4.78, 5) is 25.4. The van der Waals surface area contributed by atoms with Crippen molar-refractivity contribution in [3.05, 3.63) is 17.5 Å². The molecule has 2 aliphatic rings. The maximum Gasteiger partial charge on any atom is 0.225 e. The minimum absolute atomic E-state index is 0.0961. The first kappa shape index (κ1) is 18.1. The van der Waals surface area contributed by atoms with Crippen molar-refractivity contribution in [3.63, 3.8) is 0 Å². The maximum absolute atomic E-state index is 11.9. The van der Waals surface area contributed by atoms with Crippen LogP contribution in [0.2, 0.25) is 0 Å². The fourth-order valence-electron chi connectivity index (χ4n) is 4.32. The van der Waals surface area contributed by atoms with Crippen LogP contribution in [-0.2, 0) is 9.53 Å². The topological polar surface area (TPSA) is 58.6 Å². The summed E-state index contributed by atoms with van der Waals surface area (Å²) in [6.45, 7) is 11.1. The molecule has 0 radical (unpaired) electrons. The Bertz CT molecular complexity index is 606. The Labute approximate surface area is 150 Å². The van der Waals surface area contributed by atoms with Gasteiger partial charge in [0.15, 0.2) is 0 Å². The van der Waals surface area contributed by atoms with Gasteiger partial charge in [-0.3, -0.25) is 4.79 Å². The van der Waals surface area contributed by atoms with Crippen molar-refractivity contribution < 1.29 is 9.53 Å². The number of amides is 1. The summed E-state index contributed by atoms with van der Waals surface area (Å²) in [6.07, 6.45) is 3.83. The highest BCUT2D eigenvalue weighted by Gasteiger charge is 2.42. The highest BCUT2D eigenvalue weighted by atomic mass is 16.5. The molecule has 1 aromatic rings. The molecule has 2 fully saturated rings. The van der Waals surface area contributed by atoms with E-state index in [0.29, 0.717) is 6.04 Å². The molecule has 0 N–H and O–H groups in total. The normalized spacial score (nSPS) is 22.9. The Morgan fingerprint density at radius 3 is 2.52 bits per heavy atom. The highest BCUT2D eigenvalue weighted by molar-refractivity contribution is 5.73. The molecule has 2 saturated heterocycles. The van der Waals surface area contributed by atoms with Crippen LogP contribution in [0.15, 0.2) is 6.07 Å². The number of anilines is 1. The molecule has 0 bridgehead atoms. The Kier molecular flexibility index (Phi) is 5.27. The third-order valence-corrected chi connectivity index (χ3v) is 5.58. The lowest BCUT2D eigenvalue weighted by molar-refractivity contribution is -0.143. The number of aromatic nitrogens is 2. The smallest absolute Gasteiger partial charge is 0.225 e. The van der Waals surface area contributed by atoms with Crippen LogP contribution < -0.4 is 4.90 Å². The molecule has 25 heavy (non-hydrogen) atoms. The number of carbonyl (C=O) groups excluding carboxylic acids is 1. The van der Waals surface area contributed by atoms with Crippen LogP contribution >= 0.6 is 0 Å². The third kappa shape index (κ3) is 3.94. The summed E-state index contributed by atoms with van der Waals surface area (Å²) in [5, 5.41) is 0. The summed E-state index contributed by atoms with van der Waals surface area (Å²) in [5.41, 5.74) is 1.93. The van der Waals surface area contributed by atoms with Crippen LogP contribution in [0.5, 0.6) is 0 Å². The van der Waals surface area contributed by atoms with Crippen molar-refractivity contribution in [2.45, 2.75) is 65.0 Å². The number of rotatable bonds is 3. The second kappa shape index (κ2) is 7.28. The van der Waals surface area contributed by atoms with Crippen LogP contribution in [0.1, 0.15) is 50.9 Å². The van der Waals surface area contributed by atoms with Crippen LogP contribution in [0, 0.1) is 13.8 Å². The SMILES string of the molecule is CCN(C(C)=O)[C@@H]1CCOC2(CCN(c3nc(C)cc(C)n3)CC2)C1. The van der Waals surface area contributed by atoms with Crippen molar-refractivity contribution in [3.8, 4) is 0 Å². The molecule has 0 aliphatic carbocycles. The first-order chi connectivity index (χ1) is 11.9. The van der Waals surface area contributed by atoms with Crippen LogP contribution in [-0.4, -0.2) is 58.7 Å². The van der Waals surface area contributed by atoms with E-state index in [9.17, 15) is 4.79 Å². The zero-order valence-electron chi connectivity index (χ0n) is 15.9. The molecular formula is C19H30N4O2. The molecular weight excluding hydrogens is 316 g/mol. The van der Waals surface area contributed by atoms with E-state index in [0.717, 1.165) is 69.3 Å². The van der Waals surface area contributed by atoms with E-state index in [4.69, 9.17) is 4.74 Å². The van der Waals surface area contributed by atoms with E-state index >= 15 is 0 Å². The second-order valence-corrected chi connectivity index (χ2v) is 7.42. The summed E-state index contributed by atoms with van der Waals surface area (Å²) in [7, 11) is 0. The largest absolute Gasteiger partial charge is 0.375 e. The van der Waals surface area contributed by atoms with Crippen molar-refractivity contribution in [1.82, 2.24) is 14.9 Å². The van der Waals surface area contributed by atoms with Crippen LogP contribution in [0.3, 0.4) is 0 Å². The molecule has 0 aromatic carbocycles. The quantitative estimate of drug-likeness (QED) is 0.841. The minimum Gasteiger partial charge on any atom is -0.375 e. The predicted octanol–water partition coefficient (Wildman–Crippen LogP) is 2.48. The molecule has 1 spiro atoms. The Balaban J connectivity index is 1.67. The van der Waals surface area contributed by atoms with Crippen LogP contribution in [0.4, 0.5) is 5.95 Å². The van der Waals surface area contributed by atoms with Crippen molar-refractivity contribution >= 4 is 11.9 Å². The van der Waals surface area contributed by atoms with Gasteiger partial charge in [0.05, 0.1) is 5.60 Å². The maximum atomic E-state index is 11.9. The number of hydrogen-bond donors (Lipinski definition) is 0. The first-order valence-electron chi connectivity index (χ1n) is 9.41. The van der Waals surface area contributed by atoms with Crippen molar-refractivity contribution in [1.29, 1.82) is 0 Å². The van der Waals surface area contributed by atoms with Gasteiger partial charge < -0.3 is 14.5 Å². The average molecular weight is 346 g/mol. The Morgan fingerprint density at radius 2 is 1.96 bits per heavy atom. The molecule has 1 aromatic heterocycles. The van der Waals surface area contributed by atoms with E-state index in [-0.39, 0.29) is 11.5 Å². The van der Waals surface area contributed by atoms with Gasteiger partial charge in [-0.25, -0.2) is 9.97 Å². The summed E-state index contributed by atoms with van der Waals surface area (Å²) in [6, 6.07) is 2.31. The van der Waals surface area contributed by atoms with Gasteiger partial charge in [-0.05, 0) is 52.5 Å². The molecule has 138 valence electrons. The highest BCUT2D eigenvalue weighted by Crippen LogP contribution is 2.37. The predicted molar refractivity (Wildman–Crippen MR) is 97.7 cm³/mol. The van der Waals surface area contributed by atoms with Gasteiger partial charge >= 0.3 is 0 Å². The lowest BCUT2D eigenvalue weighted by Gasteiger charge is -2.48. The third-order valence-electron chi connectivity index (χ3n) is 5.58. The van der Waals surface area contributed by atoms with E-state index < -0.39 is 0 Å². The lowest BCUT2D eigenvalue weighted by atomic mass is 9.82. The Hall–Kier alpha value is -1.69. The van der Waals surface area contributed by atoms with E-state index in [1.807, 2.05) is 24.8 Å². The first-order valence-corrected chi connectivity index (χ1v) is 9.41. The zero-order chi connectivity index (χ0) is 18.0. The van der Waals surface area contributed by atoms with Gasteiger partial charge in [0.2, 0.25) is 11.9 Å². The van der Waals surface area contributed by atoms with E-state index in [1.165, 1.54) is 0 Å². The molecule has 6 nitrogen and oxygen atoms in total. The number of carbonyl (C=O) groups is 1. The minimum atomic E-state index is -0.0961. The summed E-state index contributed by atoms with van der Waals surface area (Å²) in [5.74, 6) is 1.00. The molecule has 3 rings (SSSR count). The van der Waals surface area contributed by atoms with E-state index in [1.54, 1.807) is 6.92 Å². The number of hydrogen-bond acceptors (Lipinski definition) is 5. The monoisotopic (exact) mass is 346 g/mol. The molecule has 0 unspecified atom stereocenters. The van der Waals surface area contributed by atoms with Gasteiger partial charge in [-0.2, -0.15) is 0 Å². The fourth-order valence-corrected chi connectivity index (χ4v) is 4.32. The number of aryl methyl sites for hydroxylation is 2. The molecule has 6 heteroatoms. The number of ether oxygens (including phenoxy) is 1. The van der Waals surface area contributed by atoms with Crippen LogP contribution in [0.25, 0.3) is 0 Å². The molecule has 1 atom stereocenters. The summed E-state index contributed by atoms with van der Waals surface area (Å²) < 4.78 is 6.24. The van der Waals surface area contributed by atoms with Gasteiger partial charge in [0, 0.05) is 50.6 Å². The summed E-state index contributed by atoms with van der Waals surface area (Å²) >= 11 is 0. The second-order valence-electron chi connectivity index (χ2n) is 7.42. The molecule has 2 aliphatic heterocycles. The van der Waals surface area contributed by atoms with Gasteiger partial charge in [-0.1, -0.05) is 0 Å². The van der Waals surface area contributed by atoms with Gasteiger partial charge in [-0.15, -0.1) is 0 Å². The van der Waals surface area contributed by atoms with E-state index in [2.05, 4.69) is 21.8 Å². The Morgan fingerprint density at radius 1 is 1.32 bits per heavy atom. The number of nitrogens with zero attached hydrogens (tertiary/aromatic N) is 4. The van der Waals surface area contributed by atoms with Gasteiger partial charge in [0.1, 0.15) is 0 Å². The molecule has 0 saturated carbocycles. The lowest BCUT2D eigenvalue weighted by Crippen LogP contribution is -2.54. The number of piperidine rings is 1. The van der Waals surface area contributed by atoms with Crippen molar-refractivity contribution in [2.75, 3.05) is 31.1 Å². The average Bonchev–Trinajstić information content (AvgIpc) is 2.55. The fraction of sp³-hybridized carbons (Fsp3) is 0.737. The molecule has 1 amide bonds. The standard InChI is InChI=1S/C19H30N4O2/c1-5-23(16(4)24)17-6-11-25-19(13-17)7-9-22(10-8-19)18-20-14(2)12-15(3)21-18/h12,17H,5-11,13H2,1-4H3/t17-/m1/s1. The molecule has 3 heterocycles. The van der Waals surface area contributed by atoms with Gasteiger partial charge in [0.25, 0.3) is 0 Å².